The third-order valence-corrected chi connectivity index (χ3v) is 3.32. The van der Waals surface area contributed by atoms with Crippen LogP contribution in [0.25, 0.3) is 17.0 Å². The molecule has 0 fully saturated rings. The van der Waals surface area contributed by atoms with Crippen LogP contribution < -0.4 is 0 Å². The summed E-state index contributed by atoms with van der Waals surface area (Å²) in [5.74, 6) is 0. The van der Waals surface area contributed by atoms with Crippen LogP contribution in [0.2, 0.25) is 0 Å². The van der Waals surface area contributed by atoms with Crippen molar-refractivity contribution in [2.24, 2.45) is 0 Å². The van der Waals surface area contributed by atoms with Crippen molar-refractivity contribution in [3.05, 3.63) is 40.5 Å². The molecule has 1 nitrogen and oxygen atoms in total. The van der Waals surface area contributed by atoms with Crippen molar-refractivity contribution in [2.75, 3.05) is 0 Å². The highest BCUT2D eigenvalue weighted by atomic mass is 79.9. The van der Waals surface area contributed by atoms with Gasteiger partial charge in [0.05, 0.1) is 15.7 Å². The molecule has 0 spiro atoms. The molecule has 0 atom stereocenters. The molecule has 0 amide bonds. The van der Waals surface area contributed by atoms with Crippen LogP contribution in [-0.4, -0.2) is 4.98 Å². The molecule has 0 saturated carbocycles. The Balaban J connectivity index is 2.83. The number of fused-ring (bicyclic) bond motifs is 1. The van der Waals surface area contributed by atoms with E-state index in [9.17, 15) is 0 Å². The van der Waals surface area contributed by atoms with Gasteiger partial charge in [-0.05, 0) is 34.0 Å². The number of aromatic nitrogens is 1. The number of H-pyrrole nitrogens is 1. The topological polar surface area (TPSA) is 15.8 Å². The van der Waals surface area contributed by atoms with Crippen LogP contribution in [0, 0.1) is 0 Å². The van der Waals surface area contributed by atoms with Crippen molar-refractivity contribution in [1.82, 2.24) is 4.98 Å². The number of benzene rings is 1. The predicted molar refractivity (Wildman–Crippen MR) is 65.5 cm³/mol. The third-order valence-electron chi connectivity index (χ3n) is 2.47. The zero-order chi connectivity index (χ0) is 10.1. The van der Waals surface area contributed by atoms with E-state index >= 15 is 0 Å². The lowest BCUT2D eigenvalue weighted by atomic mass is 10.1. The van der Waals surface area contributed by atoms with Gasteiger partial charge in [0, 0.05) is 5.39 Å². The SMILES string of the molecule is C=Cc1[nH]c2c(CC)cccc2c1Br. The minimum Gasteiger partial charge on any atom is -0.354 e. The van der Waals surface area contributed by atoms with Crippen molar-refractivity contribution in [3.63, 3.8) is 0 Å². The third kappa shape index (κ3) is 1.30. The molecule has 1 aromatic carbocycles. The molecule has 2 heteroatoms. The average Bonchev–Trinajstić information content (AvgIpc) is 2.55. The fraction of sp³-hybridized carbons (Fsp3) is 0.167. The number of aryl methyl sites for hydroxylation is 1. The number of rotatable bonds is 2. The number of para-hydroxylation sites is 1. The minimum absolute atomic E-state index is 1.04. The minimum atomic E-state index is 1.04. The quantitative estimate of drug-likeness (QED) is 0.824. The normalized spacial score (nSPS) is 10.7. The van der Waals surface area contributed by atoms with E-state index < -0.39 is 0 Å². The Labute approximate surface area is 92.0 Å². The Morgan fingerprint density at radius 3 is 2.93 bits per heavy atom. The predicted octanol–water partition coefficient (Wildman–Crippen LogP) is 4.14. The fourth-order valence-corrected chi connectivity index (χ4v) is 2.29. The molecule has 0 saturated heterocycles. The summed E-state index contributed by atoms with van der Waals surface area (Å²) in [6, 6.07) is 6.35. The summed E-state index contributed by atoms with van der Waals surface area (Å²) in [5, 5.41) is 1.24. The second kappa shape index (κ2) is 3.62. The van der Waals surface area contributed by atoms with E-state index in [0.29, 0.717) is 0 Å². The zero-order valence-electron chi connectivity index (χ0n) is 8.10. The second-order valence-corrected chi connectivity index (χ2v) is 4.04. The summed E-state index contributed by atoms with van der Waals surface area (Å²) >= 11 is 3.57. The molecule has 2 rings (SSSR count). The van der Waals surface area contributed by atoms with Gasteiger partial charge in [-0.1, -0.05) is 31.7 Å². The number of hydrogen-bond donors (Lipinski definition) is 1. The molecule has 1 heterocycles. The van der Waals surface area contributed by atoms with Gasteiger partial charge in [0.2, 0.25) is 0 Å². The molecule has 0 aliphatic rings. The van der Waals surface area contributed by atoms with Gasteiger partial charge in [0.25, 0.3) is 0 Å². The number of nitrogens with one attached hydrogen (secondary N) is 1. The number of aromatic amines is 1. The van der Waals surface area contributed by atoms with Crippen molar-refractivity contribution >= 4 is 32.9 Å². The van der Waals surface area contributed by atoms with Gasteiger partial charge in [0.1, 0.15) is 0 Å². The Bertz CT molecular complexity index is 482. The first-order valence-electron chi connectivity index (χ1n) is 4.69. The summed E-state index contributed by atoms with van der Waals surface area (Å²) < 4.78 is 1.11. The van der Waals surface area contributed by atoms with Gasteiger partial charge in [-0.3, -0.25) is 0 Å². The summed E-state index contributed by atoms with van der Waals surface area (Å²) in [4.78, 5) is 3.37. The molecule has 0 radical (unpaired) electrons. The molecule has 0 bridgehead atoms. The van der Waals surface area contributed by atoms with Gasteiger partial charge >= 0.3 is 0 Å². The van der Waals surface area contributed by atoms with E-state index in [4.69, 9.17) is 0 Å². The van der Waals surface area contributed by atoms with E-state index in [2.05, 4.69) is 52.6 Å². The Morgan fingerprint density at radius 1 is 1.50 bits per heavy atom. The summed E-state index contributed by atoms with van der Waals surface area (Å²) in [5.41, 5.74) is 3.62. The van der Waals surface area contributed by atoms with Gasteiger partial charge in [-0.2, -0.15) is 0 Å². The van der Waals surface area contributed by atoms with Crippen LogP contribution in [0.3, 0.4) is 0 Å². The maximum absolute atomic E-state index is 3.78. The van der Waals surface area contributed by atoms with Crippen LogP contribution in [0.1, 0.15) is 18.2 Å². The second-order valence-electron chi connectivity index (χ2n) is 3.25. The molecule has 1 N–H and O–H groups in total. The standard InChI is InChI=1S/C12H12BrN/c1-3-8-6-5-7-9-11(13)10(4-2)14-12(8)9/h4-7,14H,2-3H2,1H3. The van der Waals surface area contributed by atoms with Gasteiger partial charge in [0.15, 0.2) is 0 Å². The smallest absolute Gasteiger partial charge is 0.0529 e. The van der Waals surface area contributed by atoms with E-state index in [1.807, 2.05) is 6.08 Å². The van der Waals surface area contributed by atoms with Crippen molar-refractivity contribution < 1.29 is 0 Å². The van der Waals surface area contributed by atoms with Crippen LogP contribution in [0.5, 0.6) is 0 Å². The first kappa shape index (κ1) is 9.53. The zero-order valence-corrected chi connectivity index (χ0v) is 9.69. The molecule has 0 aliphatic heterocycles. The van der Waals surface area contributed by atoms with Crippen LogP contribution in [0.15, 0.2) is 29.3 Å². The molecule has 2 aromatic rings. The van der Waals surface area contributed by atoms with Gasteiger partial charge in [-0.25, -0.2) is 0 Å². The molecule has 0 aliphatic carbocycles. The molecule has 14 heavy (non-hydrogen) atoms. The molecule has 72 valence electrons. The maximum Gasteiger partial charge on any atom is 0.0529 e. The molecular formula is C12H12BrN. The van der Waals surface area contributed by atoms with E-state index in [-0.39, 0.29) is 0 Å². The van der Waals surface area contributed by atoms with E-state index in [1.165, 1.54) is 16.5 Å². The summed E-state index contributed by atoms with van der Waals surface area (Å²) in [6.45, 7) is 5.95. The maximum atomic E-state index is 3.78. The largest absolute Gasteiger partial charge is 0.354 e. The summed E-state index contributed by atoms with van der Waals surface area (Å²) in [7, 11) is 0. The van der Waals surface area contributed by atoms with Crippen molar-refractivity contribution in [1.29, 1.82) is 0 Å². The first-order valence-corrected chi connectivity index (χ1v) is 5.48. The molecule has 1 aromatic heterocycles. The van der Waals surface area contributed by atoms with Gasteiger partial charge in [-0.15, -0.1) is 0 Å². The van der Waals surface area contributed by atoms with Crippen LogP contribution in [0.4, 0.5) is 0 Å². The monoisotopic (exact) mass is 249 g/mol. The Hall–Kier alpha value is -1.02. The highest BCUT2D eigenvalue weighted by Crippen LogP contribution is 2.30. The van der Waals surface area contributed by atoms with Crippen LogP contribution in [-0.2, 0) is 6.42 Å². The van der Waals surface area contributed by atoms with Gasteiger partial charge < -0.3 is 4.98 Å². The van der Waals surface area contributed by atoms with Crippen molar-refractivity contribution in [3.8, 4) is 0 Å². The van der Waals surface area contributed by atoms with E-state index in [0.717, 1.165) is 16.6 Å². The van der Waals surface area contributed by atoms with Crippen LogP contribution >= 0.6 is 15.9 Å². The Morgan fingerprint density at radius 2 is 2.29 bits per heavy atom. The molecule has 0 unspecified atom stereocenters. The first-order chi connectivity index (χ1) is 6.77. The van der Waals surface area contributed by atoms with E-state index in [1.54, 1.807) is 0 Å². The number of halogens is 1. The summed E-state index contributed by atoms with van der Waals surface area (Å²) in [6.07, 6.45) is 2.88. The Kier molecular flexibility index (Phi) is 2.46. The highest BCUT2D eigenvalue weighted by molar-refractivity contribution is 9.10. The van der Waals surface area contributed by atoms with Crippen molar-refractivity contribution in [2.45, 2.75) is 13.3 Å². The lowest BCUT2D eigenvalue weighted by Gasteiger charge is -1.97. The molecular weight excluding hydrogens is 238 g/mol. The lowest BCUT2D eigenvalue weighted by molar-refractivity contribution is 1.15. The fourth-order valence-electron chi connectivity index (χ4n) is 1.70. The highest BCUT2D eigenvalue weighted by Gasteiger charge is 2.08. The number of hydrogen-bond acceptors (Lipinski definition) is 0. The average molecular weight is 250 g/mol. The lowest BCUT2D eigenvalue weighted by Crippen LogP contribution is -1.81.